The van der Waals surface area contributed by atoms with Crippen molar-refractivity contribution in [2.45, 2.75) is 51.0 Å². The summed E-state index contributed by atoms with van der Waals surface area (Å²) in [7, 11) is 0. The summed E-state index contributed by atoms with van der Waals surface area (Å²) in [6, 6.07) is 0. The lowest BCUT2D eigenvalue weighted by atomic mass is 9.47. The summed E-state index contributed by atoms with van der Waals surface area (Å²) in [5.74, 6) is 1.69. The van der Waals surface area contributed by atoms with Gasteiger partial charge >= 0.3 is 0 Å². The predicted molar refractivity (Wildman–Crippen MR) is 53.6 cm³/mol. The first-order valence-electron chi connectivity index (χ1n) is 5.72. The minimum Gasteiger partial charge on any atom is -0.211 e. The Morgan fingerprint density at radius 3 is 2.36 bits per heavy atom. The highest BCUT2D eigenvalue weighted by atomic mass is 16.1. The Morgan fingerprint density at radius 1 is 1.21 bits per heavy atom. The van der Waals surface area contributed by atoms with Gasteiger partial charge in [0.1, 0.15) is 0 Å². The van der Waals surface area contributed by atoms with Crippen LogP contribution < -0.4 is 0 Å². The molecule has 2 heteroatoms. The maximum atomic E-state index is 10.5. The van der Waals surface area contributed by atoms with Crippen LogP contribution in [0.25, 0.3) is 0 Å². The van der Waals surface area contributed by atoms with Gasteiger partial charge in [-0.25, -0.2) is 4.79 Å². The minimum absolute atomic E-state index is 0.0145. The molecule has 0 radical (unpaired) electrons. The number of rotatable bonds is 1. The molecule has 4 rings (SSSR count). The Hall–Kier alpha value is -0.620. The first-order valence-corrected chi connectivity index (χ1v) is 5.72. The Balaban J connectivity index is 2.00. The van der Waals surface area contributed by atoms with Gasteiger partial charge in [0.2, 0.25) is 6.08 Å². The Morgan fingerprint density at radius 2 is 1.86 bits per heavy atom. The van der Waals surface area contributed by atoms with E-state index in [4.69, 9.17) is 0 Å². The molecule has 0 aliphatic heterocycles. The zero-order valence-electron chi connectivity index (χ0n) is 8.75. The van der Waals surface area contributed by atoms with Gasteiger partial charge in [0.05, 0.1) is 5.54 Å². The molecule has 14 heavy (non-hydrogen) atoms. The Bertz CT molecular complexity index is 302. The van der Waals surface area contributed by atoms with E-state index in [1.807, 2.05) is 6.08 Å². The van der Waals surface area contributed by atoms with Crippen molar-refractivity contribution in [3.05, 3.63) is 0 Å². The Kier molecular flexibility index (Phi) is 1.54. The van der Waals surface area contributed by atoms with E-state index in [-0.39, 0.29) is 5.54 Å². The molecule has 4 aliphatic carbocycles. The van der Waals surface area contributed by atoms with Crippen molar-refractivity contribution >= 4 is 6.08 Å². The van der Waals surface area contributed by atoms with Crippen LogP contribution in [0.3, 0.4) is 0 Å². The van der Waals surface area contributed by atoms with Crippen LogP contribution in [0.1, 0.15) is 45.4 Å². The minimum atomic E-state index is 0.0145. The van der Waals surface area contributed by atoms with E-state index < -0.39 is 0 Å². The molecule has 4 fully saturated rings. The van der Waals surface area contributed by atoms with Crippen LogP contribution in [0.5, 0.6) is 0 Å². The van der Waals surface area contributed by atoms with E-state index in [2.05, 4.69) is 11.9 Å². The fourth-order valence-corrected chi connectivity index (χ4v) is 4.90. The third-order valence-electron chi connectivity index (χ3n) is 4.61. The monoisotopic (exact) mass is 191 g/mol. The summed E-state index contributed by atoms with van der Waals surface area (Å²) in [6.07, 6.45) is 9.42. The molecule has 0 amide bonds. The maximum Gasteiger partial charge on any atom is 0.235 e. The maximum absolute atomic E-state index is 10.5. The lowest BCUT2D eigenvalue weighted by Crippen LogP contribution is -2.53. The average Bonchev–Trinajstić information content (AvgIpc) is 1.97. The summed E-state index contributed by atoms with van der Waals surface area (Å²) >= 11 is 0. The number of aliphatic imine (C=N–C) groups is 1. The molecule has 4 bridgehead atoms. The normalized spacial score (nSPS) is 54.4. The zero-order valence-corrected chi connectivity index (χ0v) is 8.75. The summed E-state index contributed by atoms with van der Waals surface area (Å²) < 4.78 is 0. The van der Waals surface area contributed by atoms with Crippen molar-refractivity contribution in [2.75, 3.05) is 0 Å². The molecule has 2 atom stereocenters. The first-order chi connectivity index (χ1) is 6.63. The number of carbonyl (C=O) groups excluding carboxylic acids is 1. The van der Waals surface area contributed by atoms with Crippen LogP contribution in [0, 0.1) is 17.3 Å². The van der Waals surface area contributed by atoms with Gasteiger partial charge < -0.3 is 0 Å². The van der Waals surface area contributed by atoms with Gasteiger partial charge in [0.15, 0.2) is 0 Å². The van der Waals surface area contributed by atoms with Crippen LogP contribution in [-0.4, -0.2) is 11.6 Å². The van der Waals surface area contributed by atoms with Gasteiger partial charge in [-0.3, -0.25) is 0 Å². The standard InChI is InChI=1S/C12H17NO/c1-11-3-9-2-10(4-11)6-12(5-9,7-11)13-8-14/h9-10H,2-7H2,1H3. The van der Waals surface area contributed by atoms with E-state index >= 15 is 0 Å². The van der Waals surface area contributed by atoms with E-state index in [1.54, 1.807) is 0 Å². The van der Waals surface area contributed by atoms with Crippen molar-refractivity contribution in [3.8, 4) is 0 Å². The van der Waals surface area contributed by atoms with Crippen molar-refractivity contribution in [2.24, 2.45) is 22.2 Å². The van der Waals surface area contributed by atoms with Gasteiger partial charge in [-0.1, -0.05) is 6.92 Å². The molecule has 0 aromatic heterocycles. The summed E-state index contributed by atoms with van der Waals surface area (Å²) in [5, 5.41) is 0. The van der Waals surface area contributed by atoms with Crippen LogP contribution in [0.2, 0.25) is 0 Å². The fourth-order valence-electron chi connectivity index (χ4n) is 4.90. The second-order valence-electron chi connectivity index (χ2n) is 6.20. The van der Waals surface area contributed by atoms with Crippen molar-refractivity contribution < 1.29 is 4.79 Å². The molecule has 4 aliphatic rings. The van der Waals surface area contributed by atoms with Gasteiger partial charge in [-0.05, 0) is 55.8 Å². The van der Waals surface area contributed by atoms with Crippen LogP contribution in [-0.2, 0) is 4.79 Å². The molecule has 2 nitrogen and oxygen atoms in total. The smallest absolute Gasteiger partial charge is 0.211 e. The molecular formula is C12H17NO. The molecule has 2 unspecified atom stereocenters. The van der Waals surface area contributed by atoms with E-state index in [1.165, 1.54) is 19.3 Å². The molecule has 0 saturated heterocycles. The lowest BCUT2D eigenvalue weighted by molar-refractivity contribution is -0.0551. The number of hydrogen-bond donors (Lipinski definition) is 0. The topological polar surface area (TPSA) is 29.4 Å². The van der Waals surface area contributed by atoms with Gasteiger partial charge in [-0.2, -0.15) is 4.99 Å². The highest BCUT2D eigenvalue weighted by molar-refractivity contribution is 5.36. The SMILES string of the molecule is CC12CC3CC(C1)CC(N=C=O)(C3)C2. The van der Waals surface area contributed by atoms with Crippen LogP contribution >= 0.6 is 0 Å². The third kappa shape index (κ3) is 1.10. The highest BCUT2D eigenvalue weighted by Crippen LogP contribution is 2.62. The molecule has 0 N–H and O–H groups in total. The largest absolute Gasteiger partial charge is 0.235 e. The van der Waals surface area contributed by atoms with Crippen LogP contribution in [0.4, 0.5) is 0 Å². The Labute approximate surface area is 84.8 Å². The summed E-state index contributed by atoms with van der Waals surface area (Å²) in [6.45, 7) is 2.39. The molecule has 0 spiro atoms. The summed E-state index contributed by atoms with van der Waals surface area (Å²) in [4.78, 5) is 14.7. The molecule has 0 aromatic carbocycles. The lowest BCUT2D eigenvalue weighted by Gasteiger charge is -2.59. The molecular weight excluding hydrogens is 174 g/mol. The molecule has 0 aromatic rings. The quantitative estimate of drug-likeness (QED) is 0.463. The molecule has 0 heterocycles. The highest BCUT2D eigenvalue weighted by Gasteiger charge is 2.56. The van der Waals surface area contributed by atoms with Crippen molar-refractivity contribution in [1.29, 1.82) is 0 Å². The van der Waals surface area contributed by atoms with E-state index in [0.29, 0.717) is 5.41 Å². The van der Waals surface area contributed by atoms with Crippen LogP contribution in [0.15, 0.2) is 4.99 Å². The zero-order chi connectivity index (χ0) is 9.81. The number of nitrogens with zero attached hydrogens (tertiary/aromatic N) is 1. The average molecular weight is 191 g/mol. The van der Waals surface area contributed by atoms with Gasteiger partial charge in [0, 0.05) is 0 Å². The third-order valence-corrected chi connectivity index (χ3v) is 4.61. The van der Waals surface area contributed by atoms with Crippen molar-refractivity contribution in [1.82, 2.24) is 0 Å². The molecule has 76 valence electrons. The summed E-state index contributed by atoms with van der Waals surface area (Å²) in [5.41, 5.74) is 0.505. The predicted octanol–water partition coefficient (Wildman–Crippen LogP) is 2.68. The van der Waals surface area contributed by atoms with Crippen molar-refractivity contribution in [3.63, 3.8) is 0 Å². The second kappa shape index (κ2) is 2.49. The molecule has 4 saturated carbocycles. The number of hydrogen-bond acceptors (Lipinski definition) is 2. The van der Waals surface area contributed by atoms with E-state index in [0.717, 1.165) is 31.1 Å². The van der Waals surface area contributed by atoms with E-state index in [9.17, 15) is 4.79 Å². The fraction of sp³-hybridized carbons (Fsp3) is 0.917. The second-order valence-corrected chi connectivity index (χ2v) is 6.20. The number of isocyanates is 1. The van der Waals surface area contributed by atoms with Gasteiger partial charge in [-0.15, -0.1) is 0 Å². The first kappa shape index (κ1) is 8.67. The van der Waals surface area contributed by atoms with Gasteiger partial charge in [0.25, 0.3) is 0 Å².